The first-order chi connectivity index (χ1) is 7.08. The van der Waals surface area contributed by atoms with Crippen molar-refractivity contribution in [2.24, 2.45) is 5.73 Å². The Bertz CT molecular complexity index is 398. The van der Waals surface area contributed by atoms with Crippen molar-refractivity contribution in [1.29, 1.82) is 5.26 Å². The molecule has 0 fully saturated rings. The van der Waals surface area contributed by atoms with Crippen LogP contribution >= 0.6 is 0 Å². The number of aliphatic hydroxyl groups is 1. The maximum atomic E-state index is 13.3. The third-order valence-electron chi connectivity index (χ3n) is 2.26. The zero-order chi connectivity index (χ0) is 11.4. The summed E-state index contributed by atoms with van der Waals surface area (Å²) in [5.41, 5.74) is 7.14. The summed E-state index contributed by atoms with van der Waals surface area (Å²) in [4.78, 5) is 0. The topological polar surface area (TPSA) is 70.0 Å². The van der Waals surface area contributed by atoms with Gasteiger partial charge < -0.3 is 10.8 Å². The highest BCUT2D eigenvalue weighted by Gasteiger charge is 2.09. The molecule has 0 aliphatic carbocycles. The number of aliphatic hydroxyl groups excluding tert-OH is 1. The van der Waals surface area contributed by atoms with Gasteiger partial charge in [0, 0.05) is 6.04 Å². The lowest BCUT2D eigenvalue weighted by Gasteiger charge is -2.11. The second-order valence-electron chi connectivity index (χ2n) is 3.52. The number of aryl methyl sites for hydroxylation is 1. The van der Waals surface area contributed by atoms with Crippen LogP contribution in [0.2, 0.25) is 0 Å². The number of nitrogens with two attached hydrogens (primary N) is 1. The first-order valence-corrected chi connectivity index (χ1v) is 4.64. The standard InChI is InChI=1S/C11H13FN2O/c1-7-2-9(5-13)11(12)4-8(7)3-10(14)6-15/h2,4,10,15H,3,6,14H2,1H3/t10-/m1/s1. The van der Waals surface area contributed by atoms with Crippen LogP contribution in [0.4, 0.5) is 4.39 Å². The number of halogens is 1. The average Bonchev–Trinajstić information content (AvgIpc) is 2.22. The van der Waals surface area contributed by atoms with Crippen molar-refractivity contribution in [3.05, 3.63) is 34.6 Å². The zero-order valence-corrected chi connectivity index (χ0v) is 8.50. The molecule has 0 heterocycles. The van der Waals surface area contributed by atoms with Crippen LogP contribution in [0.3, 0.4) is 0 Å². The van der Waals surface area contributed by atoms with Crippen LogP contribution in [0.25, 0.3) is 0 Å². The highest BCUT2D eigenvalue weighted by molar-refractivity contribution is 5.39. The van der Waals surface area contributed by atoms with Crippen LogP contribution in [0.1, 0.15) is 16.7 Å². The van der Waals surface area contributed by atoms with E-state index >= 15 is 0 Å². The van der Waals surface area contributed by atoms with E-state index in [-0.39, 0.29) is 12.2 Å². The Morgan fingerprint density at radius 3 is 2.80 bits per heavy atom. The molecule has 15 heavy (non-hydrogen) atoms. The molecule has 0 bridgehead atoms. The van der Waals surface area contributed by atoms with Crippen molar-refractivity contribution >= 4 is 0 Å². The fourth-order valence-corrected chi connectivity index (χ4v) is 1.38. The molecule has 80 valence electrons. The molecule has 3 N–H and O–H groups in total. The Kier molecular flexibility index (Phi) is 3.78. The molecule has 1 rings (SSSR count). The zero-order valence-electron chi connectivity index (χ0n) is 8.50. The maximum Gasteiger partial charge on any atom is 0.141 e. The van der Waals surface area contributed by atoms with Gasteiger partial charge in [-0.1, -0.05) is 0 Å². The van der Waals surface area contributed by atoms with Gasteiger partial charge in [0.15, 0.2) is 0 Å². The van der Waals surface area contributed by atoms with Gasteiger partial charge in [0.1, 0.15) is 11.9 Å². The quantitative estimate of drug-likeness (QED) is 0.774. The minimum Gasteiger partial charge on any atom is -0.395 e. The molecule has 0 saturated heterocycles. The predicted molar refractivity (Wildman–Crippen MR) is 54.6 cm³/mol. The number of nitriles is 1. The molecule has 0 spiro atoms. The first kappa shape index (κ1) is 11.6. The molecule has 1 aromatic rings. The van der Waals surface area contributed by atoms with Gasteiger partial charge in [0.2, 0.25) is 0 Å². The largest absolute Gasteiger partial charge is 0.395 e. The molecule has 0 saturated carbocycles. The molecule has 0 radical (unpaired) electrons. The van der Waals surface area contributed by atoms with Gasteiger partial charge in [0.25, 0.3) is 0 Å². The van der Waals surface area contributed by atoms with Crippen molar-refractivity contribution in [3.8, 4) is 6.07 Å². The molecule has 0 aliphatic rings. The Hall–Kier alpha value is -1.44. The van der Waals surface area contributed by atoms with E-state index in [1.54, 1.807) is 13.0 Å². The molecule has 3 nitrogen and oxygen atoms in total. The molecule has 0 unspecified atom stereocenters. The van der Waals surface area contributed by atoms with Crippen molar-refractivity contribution < 1.29 is 9.50 Å². The van der Waals surface area contributed by atoms with Crippen molar-refractivity contribution in [2.45, 2.75) is 19.4 Å². The third kappa shape index (κ3) is 2.75. The Labute approximate surface area is 87.9 Å². The number of rotatable bonds is 3. The Morgan fingerprint density at radius 1 is 1.60 bits per heavy atom. The van der Waals surface area contributed by atoms with Crippen molar-refractivity contribution in [2.75, 3.05) is 6.61 Å². The van der Waals surface area contributed by atoms with Gasteiger partial charge in [-0.3, -0.25) is 0 Å². The molecule has 0 amide bonds. The minimum atomic E-state index is -0.539. The predicted octanol–water partition coefficient (Wildman–Crippen LogP) is 0.868. The molecule has 0 aromatic heterocycles. The van der Waals surface area contributed by atoms with E-state index < -0.39 is 11.9 Å². The monoisotopic (exact) mass is 208 g/mol. The minimum absolute atomic E-state index is 0.0359. The highest BCUT2D eigenvalue weighted by Crippen LogP contribution is 2.16. The van der Waals surface area contributed by atoms with Crippen LogP contribution < -0.4 is 5.73 Å². The number of nitrogens with zero attached hydrogens (tertiary/aromatic N) is 1. The lowest BCUT2D eigenvalue weighted by molar-refractivity contribution is 0.265. The summed E-state index contributed by atoms with van der Waals surface area (Å²) in [6, 6.07) is 4.19. The van der Waals surface area contributed by atoms with Crippen molar-refractivity contribution in [3.63, 3.8) is 0 Å². The summed E-state index contributed by atoms with van der Waals surface area (Å²) >= 11 is 0. The summed E-state index contributed by atoms with van der Waals surface area (Å²) < 4.78 is 13.3. The molecule has 4 heteroatoms. The van der Waals surface area contributed by atoms with Crippen LogP contribution in [0.15, 0.2) is 12.1 Å². The Balaban J connectivity index is 3.01. The van der Waals surface area contributed by atoms with Crippen molar-refractivity contribution in [1.82, 2.24) is 0 Å². The van der Waals surface area contributed by atoms with Crippen LogP contribution in [0.5, 0.6) is 0 Å². The Morgan fingerprint density at radius 2 is 2.27 bits per heavy atom. The molecule has 1 aromatic carbocycles. The second-order valence-corrected chi connectivity index (χ2v) is 3.52. The summed E-state index contributed by atoms with van der Waals surface area (Å²) in [5.74, 6) is -0.539. The number of hydrogen-bond acceptors (Lipinski definition) is 3. The summed E-state index contributed by atoms with van der Waals surface area (Å²) in [6.07, 6.45) is 0.408. The third-order valence-corrected chi connectivity index (χ3v) is 2.26. The van der Waals surface area contributed by atoms with E-state index in [1.807, 2.05) is 0 Å². The van der Waals surface area contributed by atoms with E-state index in [1.165, 1.54) is 12.1 Å². The fourth-order valence-electron chi connectivity index (χ4n) is 1.38. The maximum absolute atomic E-state index is 13.3. The first-order valence-electron chi connectivity index (χ1n) is 4.64. The van der Waals surface area contributed by atoms with Gasteiger partial charge in [-0.15, -0.1) is 0 Å². The van der Waals surface area contributed by atoms with E-state index in [2.05, 4.69) is 0 Å². The summed E-state index contributed by atoms with van der Waals surface area (Å²) in [6.45, 7) is 1.65. The summed E-state index contributed by atoms with van der Waals surface area (Å²) in [5, 5.41) is 17.4. The smallest absolute Gasteiger partial charge is 0.141 e. The number of benzene rings is 1. The molecular formula is C11H13FN2O. The van der Waals surface area contributed by atoms with Gasteiger partial charge in [-0.05, 0) is 36.6 Å². The van der Waals surface area contributed by atoms with Crippen LogP contribution in [-0.4, -0.2) is 17.8 Å². The second kappa shape index (κ2) is 4.87. The molecule has 0 aliphatic heterocycles. The van der Waals surface area contributed by atoms with Gasteiger partial charge >= 0.3 is 0 Å². The van der Waals surface area contributed by atoms with E-state index in [9.17, 15) is 4.39 Å². The van der Waals surface area contributed by atoms with Crippen LogP contribution in [0, 0.1) is 24.1 Å². The average molecular weight is 208 g/mol. The fraction of sp³-hybridized carbons (Fsp3) is 0.364. The van der Waals surface area contributed by atoms with E-state index in [0.29, 0.717) is 6.42 Å². The van der Waals surface area contributed by atoms with Crippen LogP contribution in [-0.2, 0) is 6.42 Å². The molecular weight excluding hydrogens is 195 g/mol. The van der Waals surface area contributed by atoms with E-state index in [4.69, 9.17) is 16.1 Å². The van der Waals surface area contributed by atoms with Gasteiger partial charge in [0.05, 0.1) is 12.2 Å². The lowest BCUT2D eigenvalue weighted by Crippen LogP contribution is -2.27. The molecule has 1 atom stereocenters. The lowest BCUT2D eigenvalue weighted by atomic mass is 9.99. The normalized spacial score (nSPS) is 12.2. The highest BCUT2D eigenvalue weighted by atomic mass is 19.1. The number of hydrogen-bond donors (Lipinski definition) is 2. The van der Waals surface area contributed by atoms with Gasteiger partial charge in [-0.25, -0.2) is 4.39 Å². The summed E-state index contributed by atoms with van der Waals surface area (Å²) in [7, 11) is 0. The van der Waals surface area contributed by atoms with E-state index in [0.717, 1.165) is 11.1 Å². The SMILES string of the molecule is Cc1cc(C#N)c(F)cc1C[C@@H](N)CO. The van der Waals surface area contributed by atoms with Gasteiger partial charge in [-0.2, -0.15) is 5.26 Å².